The Morgan fingerprint density at radius 1 is 1.40 bits per heavy atom. The lowest BCUT2D eigenvalue weighted by Crippen LogP contribution is -2.71. The van der Waals surface area contributed by atoms with Gasteiger partial charge in [0, 0.05) is 10.7 Å². The number of thioether (sulfide) groups is 3. The Morgan fingerprint density at radius 2 is 2.16 bits per heavy atom. The van der Waals surface area contributed by atoms with E-state index in [-0.39, 0.29) is 26.6 Å². The number of carbonyl (C=O) groups excluding carboxylic acids is 2. The smallest absolute Gasteiger partial charge is 0.353 e. The standard InChI is InChI=1S/C22H27ClFN9O5S5/c1-4-27-22(26-3,40-5-2)14-20(43-32-30-14)41-9-8-39-18-12(17(35)33(18)13(9)19(36)37)28-16(34)11(31-38-7-6-24)10-15(23)42-21(25)29-10/h12,18,26-27H,4-8H2,1-3H3,(H2,25,29)(H,28,34)(H,36,37)/b31-11-/t12-,18-,22?/m1/s1. The molecule has 2 aromatic rings. The van der Waals surface area contributed by atoms with Gasteiger partial charge in [-0.1, -0.05) is 58.2 Å². The Labute approximate surface area is 271 Å². The first kappa shape index (κ1) is 33.7. The molecule has 0 saturated carbocycles. The van der Waals surface area contributed by atoms with E-state index in [1.807, 2.05) is 13.8 Å². The second-order valence-corrected chi connectivity index (χ2v) is 14.8. The fourth-order valence-corrected chi connectivity index (χ4v) is 9.82. The van der Waals surface area contributed by atoms with Crippen LogP contribution in [0.1, 0.15) is 25.2 Å². The lowest BCUT2D eigenvalue weighted by atomic mass is 10.0. The summed E-state index contributed by atoms with van der Waals surface area (Å²) in [5, 5.41) is 26.8. The van der Waals surface area contributed by atoms with Crippen LogP contribution >= 0.6 is 69.8 Å². The van der Waals surface area contributed by atoms with Crippen molar-refractivity contribution >= 4 is 98.4 Å². The van der Waals surface area contributed by atoms with E-state index in [2.05, 4.69) is 35.7 Å². The lowest BCUT2D eigenvalue weighted by molar-refractivity contribution is -0.150. The van der Waals surface area contributed by atoms with Crippen molar-refractivity contribution in [3.63, 3.8) is 0 Å². The fraction of sp³-hybridized carbons (Fsp3) is 0.500. The SMILES string of the molecule is CCNC(NC)(SCC)c1nnsc1SC1=C(C(=O)O)N2C(=O)[C@@H](NC(=O)/C(=N\OCCF)c3nc(N)sc3Cl)[C@H]2SC1. The number of aromatic nitrogens is 3. The van der Waals surface area contributed by atoms with Gasteiger partial charge < -0.3 is 21.0 Å². The maximum atomic E-state index is 13.3. The minimum Gasteiger partial charge on any atom is -0.477 e. The molecule has 21 heteroatoms. The molecule has 2 aromatic heterocycles. The van der Waals surface area contributed by atoms with E-state index < -0.39 is 53.2 Å². The van der Waals surface area contributed by atoms with Gasteiger partial charge in [-0.25, -0.2) is 14.2 Å². The fourth-order valence-electron chi connectivity index (χ4n) is 4.20. The number of nitrogens with one attached hydrogen (secondary N) is 3. The van der Waals surface area contributed by atoms with Crippen molar-refractivity contribution < 1.29 is 28.7 Å². The second kappa shape index (κ2) is 14.7. The van der Waals surface area contributed by atoms with Gasteiger partial charge in [0.15, 0.2) is 15.8 Å². The molecule has 1 fully saturated rings. The molecule has 0 aliphatic carbocycles. The molecule has 0 aromatic carbocycles. The van der Waals surface area contributed by atoms with Crippen LogP contribution in [0.3, 0.4) is 0 Å². The number of hydrogen-bond donors (Lipinski definition) is 5. The van der Waals surface area contributed by atoms with Crippen LogP contribution in [0, 0.1) is 0 Å². The molecule has 2 amide bonds. The monoisotopic (exact) mass is 711 g/mol. The Morgan fingerprint density at radius 3 is 2.77 bits per heavy atom. The van der Waals surface area contributed by atoms with Crippen LogP contribution in [0.15, 0.2) is 20.0 Å². The zero-order valence-corrected chi connectivity index (χ0v) is 27.7. The highest BCUT2D eigenvalue weighted by atomic mass is 35.5. The minimum atomic E-state index is -1.29. The molecule has 3 atom stereocenters. The van der Waals surface area contributed by atoms with Crippen LogP contribution in [0.4, 0.5) is 9.52 Å². The van der Waals surface area contributed by atoms with Crippen LogP contribution in [-0.4, -0.2) is 97.9 Å². The third-order valence-electron chi connectivity index (χ3n) is 5.93. The van der Waals surface area contributed by atoms with Gasteiger partial charge in [-0.15, -0.1) is 28.6 Å². The Balaban J connectivity index is 1.58. The molecule has 1 saturated heterocycles. The number of carboxylic acid groups (broad SMARTS) is 1. The number of nitrogen functional groups attached to an aromatic ring is 1. The molecular formula is C22H27ClFN9O5S5. The summed E-state index contributed by atoms with van der Waals surface area (Å²) in [4.78, 5) is 48.6. The van der Waals surface area contributed by atoms with Gasteiger partial charge in [-0.05, 0) is 30.9 Å². The van der Waals surface area contributed by atoms with Crippen LogP contribution in [-0.2, 0) is 24.2 Å². The summed E-state index contributed by atoms with van der Waals surface area (Å²) in [6.45, 7) is 3.35. The number of anilines is 1. The van der Waals surface area contributed by atoms with Crippen molar-refractivity contribution in [2.24, 2.45) is 5.16 Å². The molecule has 4 heterocycles. The predicted molar refractivity (Wildman–Crippen MR) is 168 cm³/mol. The Hall–Kier alpha value is -2.20. The molecule has 6 N–H and O–H groups in total. The quantitative estimate of drug-likeness (QED) is 0.0592. The predicted octanol–water partition coefficient (Wildman–Crippen LogP) is 2.10. The van der Waals surface area contributed by atoms with Gasteiger partial charge in [-0.3, -0.25) is 25.1 Å². The summed E-state index contributed by atoms with van der Waals surface area (Å²) in [6, 6.07) is -1.08. The number of β-lactam (4-membered cyclic amide) rings is 1. The molecule has 2 aliphatic heterocycles. The maximum Gasteiger partial charge on any atom is 0.353 e. The Bertz CT molecular complexity index is 1430. The molecule has 1 unspecified atom stereocenters. The van der Waals surface area contributed by atoms with Gasteiger partial charge >= 0.3 is 5.97 Å². The largest absolute Gasteiger partial charge is 0.477 e. The molecular weight excluding hydrogens is 685 g/mol. The zero-order chi connectivity index (χ0) is 31.3. The van der Waals surface area contributed by atoms with E-state index in [0.29, 0.717) is 21.4 Å². The number of hydrogen-bond acceptors (Lipinski definition) is 16. The number of halogens is 2. The number of alkyl halides is 1. The Kier molecular flexibility index (Phi) is 11.5. The average Bonchev–Trinajstić information content (AvgIpc) is 3.58. The minimum absolute atomic E-state index is 0.0484. The van der Waals surface area contributed by atoms with E-state index in [0.717, 1.165) is 33.5 Å². The molecule has 2 aliphatic rings. The van der Waals surface area contributed by atoms with Crippen molar-refractivity contribution in [2.75, 3.05) is 44.1 Å². The average molecular weight is 712 g/mol. The number of carboxylic acids is 1. The lowest BCUT2D eigenvalue weighted by Gasteiger charge is -2.49. The zero-order valence-electron chi connectivity index (χ0n) is 22.9. The molecule has 43 heavy (non-hydrogen) atoms. The third kappa shape index (κ3) is 6.90. The van der Waals surface area contributed by atoms with Crippen molar-refractivity contribution in [1.29, 1.82) is 0 Å². The summed E-state index contributed by atoms with van der Waals surface area (Å²) in [6.07, 6.45) is 0. The summed E-state index contributed by atoms with van der Waals surface area (Å²) < 4.78 is 17.4. The van der Waals surface area contributed by atoms with Crippen LogP contribution in [0.2, 0.25) is 4.34 Å². The van der Waals surface area contributed by atoms with E-state index in [1.54, 1.807) is 18.8 Å². The van der Waals surface area contributed by atoms with Crippen molar-refractivity contribution in [1.82, 2.24) is 35.4 Å². The highest BCUT2D eigenvalue weighted by Crippen LogP contribution is 2.48. The number of carbonyl (C=O) groups is 3. The molecule has 0 radical (unpaired) electrons. The van der Waals surface area contributed by atoms with E-state index in [9.17, 15) is 23.9 Å². The van der Waals surface area contributed by atoms with E-state index in [4.69, 9.17) is 22.2 Å². The highest BCUT2D eigenvalue weighted by Gasteiger charge is 2.55. The van der Waals surface area contributed by atoms with Gasteiger partial charge in [0.25, 0.3) is 11.8 Å². The topological polar surface area (TPSA) is 197 Å². The number of rotatable bonds is 15. The first-order chi connectivity index (χ1) is 20.6. The summed E-state index contributed by atoms with van der Waals surface area (Å²) in [5.41, 5.74) is 5.64. The number of amides is 2. The second-order valence-electron chi connectivity index (χ2n) is 8.48. The molecule has 14 nitrogen and oxygen atoms in total. The van der Waals surface area contributed by atoms with Crippen LogP contribution in [0.5, 0.6) is 0 Å². The van der Waals surface area contributed by atoms with E-state index in [1.165, 1.54) is 23.5 Å². The maximum absolute atomic E-state index is 13.3. The number of nitrogens with zero attached hydrogens (tertiary/aromatic N) is 5. The molecule has 4 rings (SSSR count). The van der Waals surface area contributed by atoms with E-state index >= 15 is 0 Å². The van der Waals surface area contributed by atoms with Gasteiger partial charge in [0.05, 0.1) is 0 Å². The number of thiazole rings is 1. The number of aliphatic carboxylic acids is 1. The number of oxime groups is 1. The van der Waals surface area contributed by atoms with Crippen molar-refractivity contribution in [3.8, 4) is 0 Å². The first-order valence-corrected chi connectivity index (χ1v) is 17.4. The summed E-state index contributed by atoms with van der Waals surface area (Å²) >= 11 is 12.3. The van der Waals surface area contributed by atoms with Gasteiger partial charge in [0.1, 0.15) is 50.3 Å². The van der Waals surface area contributed by atoms with Crippen LogP contribution in [0.25, 0.3) is 0 Å². The van der Waals surface area contributed by atoms with Crippen LogP contribution < -0.4 is 21.7 Å². The summed E-state index contributed by atoms with van der Waals surface area (Å²) in [7, 11) is 1.80. The highest BCUT2D eigenvalue weighted by molar-refractivity contribution is 8.07. The molecule has 234 valence electrons. The summed E-state index contributed by atoms with van der Waals surface area (Å²) in [5.74, 6) is -1.77. The van der Waals surface area contributed by atoms with Gasteiger partial charge in [0.2, 0.25) is 0 Å². The molecule has 0 spiro atoms. The number of nitrogens with two attached hydrogens (primary N) is 1. The van der Waals surface area contributed by atoms with Crippen molar-refractivity contribution in [3.05, 3.63) is 26.3 Å². The molecule has 0 bridgehead atoms. The van der Waals surface area contributed by atoms with Crippen molar-refractivity contribution in [2.45, 2.75) is 34.5 Å². The normalized spacial score (nSPS) is 20.0. The third-order valence-corrected chi connectivity index (χ3v) is 11.7. The number of fused-ring (bicyclic) bond motifs is 1. The first-order valence-electron chi connectivity index (χ1n) is 12.6. The van der Waals surface area contributed by atoms with Gasteiger partial charge in [-0.2, -0.15) is 0 Å².